The van der Waals surface area contributed by atoms with Crippen LogP contribution in [0.5, 0.6) is 0 Å². The number of hydrogen-bond donors (Lipinski definition) is 0. The van der Waals surface area contributed by atoms with Crippen molar-refractivity contribution in [2.24, 2.45) is 0 Å². The number of anilines is 1. The van der Waals surface area contributed by atoms with Crippen molar-refractivity contribution in [3.63, 3.8) is 0 Å². The second-order valence-electron chi connectivity index (χ2n) is 5.74. The lowest BCUT2D eigenvalue weighted by Crippen LogP contribution is -2.35. The summed E-state index contributed by atoms with van der Waals surface area (Å²) in [6.45, 7) is 0.582. The zero-order valence-corrected chi connectivity index (χ0v) is 15.7. The third-order valence-electron chi connectivity index (χ3n) is 3.97. The van der Waals surface area contributed by atoms with Gasteiger partial charge in [-0.15, -0.1) is 0 Å². The Kier molecular flexibility index (Phi) is 4.59. The van der Waals surface area contributed by atoms with Crippen LogP contribution < -0.4 is 10.5 Å². The molecule has 25 heavy (non-hydrogen) atoms. The predicted molar refractivity (Wildman–Crippen MR) is 103 cm³/mol. The number of hydrogen-bond acceptors (Lipinski definition) is 5. The van der Waals surface area contributed by atoms with Crippen LogP contribution >= 0.6 is 27.7 Å². The quantitative estimate of drug-likeness (QED) is 0.655. The molecule has 2 aromatic carbocycles. The molecule has 4 rings (SSSR count). The van der Waals surface area contributed by atoms with E-state index in [2.05, 4.69) is 43.0 Å². The van der Waals surface area contributed by atoms with Gasteiger partial charge in [-0.3, -0.25) is 4.79 Å². The van der Waals surface area contributed by atoms with Crippen molar-refractivity contribution in [1.29, 1.82) is 0 Å². The first-order chi connectivity index (χ1) is 12.2. The molecule has 126 valence electrons. The molecule has 2 heterocycles. The second-order valence-corrected chi connectivity index (χ2v) is 7.57. The Morgan fingerprint density at radius 3 is 2.60 bits per heavy atom. The van der Waals surface area contributed by atoms with E-state index >= 15 is 0 Å². The zero-order chi connectivity index (χ0) is 17.2. The Morgan fingerprint density at radius 1 is 1.08 bits per heavy atom. The lowest BCUT2D eigenvalue weighted by Gasteiger charge is -2.30. The van der Waals surface area contributed by atoms with E-state index in [1.165, 1.54) is 11.8 Å². The van der Waals surface area contributed by atoms with Crippen molar-refractivity contribution >= 4 is 33.4 Å². The summed E-state index contributed by atoms with van der Waals surface area (Å²) >= 11 is 4.99. The second kappa shape index (κ2) is 7.01. The number of halogens is 1. The number of benzene rings is 2. The number of rotatable bonds is 3. The number of thioether (sulfide) groups is 1. The Balaban J connectivity index is 1.61. The summed E-state index contributed by atoms with van der Waals surface area (Å²) in [7, 11) is 0. The van der Waals surface area contributed by atoms with Crippen LogP contribution in [0.4, 0.5) is 5.69 Å². The van der Waals surface area contributed by atoms with E-state index in [1.807, 2.05) is 47.1 Å². The Hall–Kier alpha value is -2.12. The molecule has 0 amide bonds. The van der Waals surface area contributed by atoms with E-state index in [0.717, 1.165) is 21.6 Å². The van der Waals surface area contributed by atoms with Gasteiger partial charge in [0.15, 0.2) is 5.16 Å². The standard InChI is InChI=1S/C18H15BrN4OS/c19-14-6-8-15(9-7-14)22-11-23-18(25-12-22)20-17(24)16(21-23)10-13-4-2-1-3-5-13/h1-9H,10-12H2. The molecule has 1 aliphatic rings. The molecular formula is C18H15BrN4OS. The molecular weight excluding hydrogens is 400 g/mol. The van der Waals surface area contributed by atoms with Gasteiger partial charge >= 0.3 is 0 Å². The molecule has 0 spiro atoms. The van der Waals surface area contributed by atoms with Gasteiger partial charge in [-0.05, 0) is 29.8 Å². The minimum absolute atomic E-state index is 0.236. The van der Waals surface area contributed by atoms with Gasteiger partial charge in [-0.2, -0.15) is 10.1 Å². The molecule has 0 N–H and O–H groups in total. The Labute approximate surface area is 157 Å². The van der Waals surface area contributed by atoms with Crippen molar-refractivity contribution in [1.82, 2.24) is 14.8 Å². The van der Waals surface area contributed by atoms with Gasteiger partial charge in [-0.1, -0.05) is 58.0 Å². The summed E-state index contributed by atoms with van der Waals surface area (Å²) in [6.07, 6.45) is 0.496. The molecule has 0 bridgehead atoms. The smallest absolute Gasteiger partial charge is 0.295 e. The fraction of sp³-hybridized carbons (Fsp3) is 0.167. The molecule has 0 saturated carbocycles. The van der Waals surface area contributed by atoms with Crippen LogP contribution in [0.25, 0.3) is 0 Å². The third-order valence-corrected chi connectivity index (χ3v) is 5.50. The molecule has 0 aliphatic carbocycles. The van der Waals surface area contributed by atoms with Crippen molar-refractivity contribution in [2.45, 2.75) is 18.2 Å². The minimum Gasteiger partial charge on any atom is -0.342 e. The van der Waals surface area contributed by atoms with Crippen LogP contribution in [0.1, 0.15) is 11.3 Å². The lowest BCUT2D eigenvalue weighted by molar-refractivity contribution is 0.486. The number of aromatic nitrogens is 3. The maximum Gasteiger partial charge on any atom is 0.295 e. The highest BCUT2D eigenvalue weighted by molar-refractivity contribution is 9.10. The molecule has 0 atom stereocenters. The van der Waals surface area contributed by atoms with E-state index in [-0.39, 0.29) is 5.56 Å². The molecule has 0 radical (unpaired) electrons. The molecule has 3 aromatic rings. The summed E-state index contributed by atoms with van der Waals surface area (Å²) < 4.78 is 2.87. The summed E-state index contributed by atoms with van der Waals surface area (Å²) in [5, 5.41) is 5.25. The highest BCUT2D eigenvalue weighted by atomic mass is 79.9. The molecule has 1 aromatic heterocycles. The minimum atomic E-state index is -0.236. The lowest BCUT2D eigenvalue weighted by atomic mass is 10.1. The summed E-state index contributed by atoms with van der Waals surface area (Å²) in [5.74, 6) is 0.744. The van der Waals surface area contributed by atoms with Crippen molar-refractivity contribution in [2.75, 3.05) is 10.8 Å². The Bertz CT molecular complexity index is 944. The van der Waals surface area contributed by atoms with Crippen LogP contribution in [0.2, 0.25) is 0 Å². The fourth-order valence-electron chi connectivity index (χ4n) is 2.69. The molecule has 0 unspecified atom stereocenters. The third kappa shape index (κ3) is 3.62. The van der Waals surface area contributed by atoms with Crippen molar-refractivity contribution in [3.8, 4) is 0 Å². The van der Waals surface area contributed by atoms with Gasteiger partial charge in [-0.25, -0.2) is 4.68 Å². The first-order valence-corrected chi connectivity index (χ1v) is 9.62. The number of fused-ring (bicyclic) bond motifs is 1. The van der Waals surface area contributed by atoms with Crippen molar-refractivity contribution in [3.05, 3.63) is 80.7 Å². The van der Waals surface area contributed by atoms with Gasteiger partial charge in [0.2, 0.25) is 0 Å². The van der Waals surface area contributed by atoms with Crippen LogP contribution in [0, 0.1) is 0 Å². The van der Waals surface area contributed by atoms with Gasteiger partial charge in [0.1, 0.15) is 12.4 Å². The van der Waals surface area contributed by atoms with Gasteiger partial charge in [0.05, 0.1) is 5.88 Å². The summed E-state index contributed by atoms with van der Waals surface area (Å²) in [6, 6.07) is 18.0. The molecule has 5 nitrogen and oxygen atoms in total. The van der Waals surface area contributed by atoms with Crippen LogP contribution in [-0.2, 0) is 13.1 Å². The van der Waals surface area contributed by atoms with Gasteiger partial charge in [0.25, 0.3) is 5.56 Å². The SMILES string of the molecule is O=c1nc2n(nc1Cc1ccccc1)CN(c1ccc(Br)cc1)CS2. The van der Waals surface area contributed by atoms with Crippen LogP contribution in [0.3, 0.4) is 0 Å². The highest BCUT2D eigenvalue weighted by Crippen LogP contribution is 2.27. The summed E-state index contributed by atoms with van der Waals surface area (Å²) in [4.78, 5) is 18.7. The fourth-order valence-corrected chi connectivity index (χ4v) is 3.85. The average molecular weight is 415 g/mol. The molecule has 1 aliphatic heterocycles. The van der Waals surface area contributed by atoms with Gasteiger partial charge in [0, 0.05) is 16.6 Å². The maximum absolute atomic E-state index is 12.3. The van der Waals surface area contributed by atoms with Crippen molar-refractivity contribution < 1.29 is 0 Å². The zero-order valence-electron chi connectivity index (χ0n) is 13.3. The normalized spacial score (nSPS) is 13.6. The van der Waals surface area contributed by atoms with Gasteiger partial charge < -0.3 is 4.90 Å². The highest BCUT2D eigenvalue weighted by Gasteiger charge is 2.20. The first-order valence-electron chi connectivity index (χ1n) is 7.84. The van der Waals surface area contributed by atoms with Crippen LogP contribution in [-0.4, -0.2) is 20.6 Å². The molecule has 0 fully saturated rings. The van der Waals surface area contributed by atoms with E-state index in [4.69, 9.17) is 0 Å². The van der Waals surface area contributed by atoms with Crippen LogP contribution in [0.15, 0.2) is 69.0 Å². The van der Waals surface area contributed by atoms with E-state index in [0.29, 0.717) is 23.9 Å². The molecule has 7 heteroatoms. The topological polar surface area (TPSA) is 51.0 Å². The largest absolute Gasteiger partial charge is 0.342 e. The monoisotopic (exact) mass is 414 g/mol. The number of nitrogens with zero attached hydrogens (tertiary/aromatic N) is 4. The van der Waals surface area contributed by atoms with E-state index < -0.39 is 0 Å². The average Bonchev–Trinajstić information content (AvgIpc) is 2.64. The van der Waals surface area contributed by atoms with E-state index in [1.54, 1.807) is 0 Å². The predicted octanol–water partition coefficient (Wildman–Crippen LogP) is 3.52. The first kappa shape index (κ1) is 16.4. The maximum atomic E-state index is 12.3. The molecule has 0 saturated heterocycles. The summed E-state index contributed by atoms with van der Waals surface area (Å²) in [5.41, 5.74) is 2.42. The Morgan fingerprint density at radius 2 is 1.84 bits per heavy atom. The van der Waals surface area contributed by atoms with E-state index in [9.17, 15) is 4.79 Å².